The second kappa shape index (κ2) is 4.64. The van der Waals surface area contributed by atoms with E-state index in [1.165, 1.54) is 6.26 Å². The molecule has 0 bridgehead atoms. The number of hydrogen-bond donors (Lipinski definition) is 1. The Morgan fingerprint density at radius 1 is 1.37 bits per heavy atom. The lowest BCUT2D eigenvalue weighted by Gasteiger charge is -2.09. The van der Waals surface area contributed by atoms with Crippen LogP contribution in [0, 0.1) is 0 Å². The zero-order chi connectivity index (χ0) is 13.5. The van der Waals surface area contributed by atoms with E-state index in [1.807, 2.05) is 0 Å². The normalized spacial score (nSPS) is 15.4. The zero-order valence-electron chi connectivity index (χ0n) is 9.84. The van der Waals surface area contributed by atoms with Crippen LogP contribution in [0.4, 0.5) is 5.69 Å². The van der Waals surface area contributed by atoms with E-state index >= 15 is 0 Å². The standard InChI is InChI=1S/C12H11BrN2O3S/c13-9-5-7-18-12(9)19(16,17)15-10-2-1-6-14-11(10)8-3-4-8/h1-2,5-8,15H,3-4H2. The number of sulfonamides is 1. The van der Waals surface area contributed by atoms with Gasteiger partial charge >= 0.3 is 0 Å². The van der Waals surface area contributed by atoms with Crippen LogP contribution in [0.15, 0.2) is 44.6 Å². The van der Waals surface area contributed by atoms with Crippen molar-refractivity contribution in [3.63, 3.8) is 0 Å². The fourth-order valence-electron chi connectivity index (χ4n) is 1.85. The van der Waals surface area contributed by atoms with E-state index in [0.717, 1.165) is 18.5 Å². The van der Waals surface area contributed by atoms with Crippen molar-refractivity contribution in [2.24, 2.45) is 0 Å². The third-order valence-electron chi connectivity index (χ3n) is 2.88. The molecule has 0 unspecified atom stereocenters. The Morgan fingerprint density at radius 2 is 2.16 bits per heavy atom. The molecule has 0 atom stereocenters. The van der Waals surface area contributed by atoms with Crippen LogP contribution in [0.1, 0.15) is 24.5 Å². The highest BCUT2D eigenvalue weighted by Gasteiger charge is 2.30. The van der Waals surface area contributed by atoms with Gasteiger partial charge in [-0.3, -0.25) is 9.71 Å². The summed E-state index contributed by atoms with van der Waals surface area (Å²) in [4.78, 5) is 4.26. The molecule has 1 N–H and O–H groups in total. The highest BCUT2D eigenvalue weighted by Crippen LogP contribution is 2.42. The first-order valence-electron chi connectivity index (χ1n) is 5.78. The van der Waals surface area contributed by atoms with Crippen molar-refractivity contribution in [1.82, 2.24) is 4.98 Å². The highest BCUT2D eigenvalue weighted by molar-refractivity contribution is 9.10. The molecule has 0 saturated heterocycles. The lowest BCUT2D eigenvalue weighted by atomic mass is 10.2. The van der Waals surface area contributed by atoms with Gasteiger partial charge in [0, 0.05) is 12.1 Å². The minimum atomic E-state index is -3.73. The molecule has 19 heavy (non-hydrogen) atoms. The molecule has 100 valence electrons. The van der Waals surface area contributed by atoms with Crippen LogP contribution in [0.2, 0.25) is 0 Å². The molecule has 3 rings (SSSR count). The molecule has 0 spiro atoms. The zero-order valence-corrected chi connectivity index (χ0v) is 12.2. The molecule has 1 aliphatic rings. The van der Waals surface area contributed by atoms with Crippen molar-refractivity contribution in [2.75, 3.05) is 4.72 Å². The maximum Gasteiger partial charge on any atom is 0.296 e. The average molecular weight is 343 g/mol. The molecule has 1 saturated carbocycles. The van der Waals surface area contributed by atoms with Crippen molar-refractivity contribution < 1.29 is 12.8 Å². The number of aromatic nitrogens is 1. The van der Waals surface area contributed by atoms with Crippen molar-refractivity contribution in [2.45, 2.75) is 23.9 Å². The predicted molar refractivity (Wildman–Crippen MR) is 73.4 cm³/mol. The Labute approximate surface area is 119 Å². The maximum atomic E-state index is 12.2. The van der Waals surface area contributed by atoms with E-state index in [4.69, 9.17) is 4.42 Å². The van der Waals surface area contributed by atoms with Gasteiger partial charge in [0.15, 0.2) is 0 Å². The largest absolute Gasteiger partial charge is 0.450 e. The van der Waals surface area contributed by atoms with Crippen molar-refractivity contribution in [3.8, 4) is 0 Å². The number of halogens is 1. The highest BCUT2D eigenvalue weighted by atomic mass is 79.9. The summed E-state index contributed by atoms with van der Waals surface area (Å²) in [5, 5.41) is -0.127. The van der Waals surface area contributed by atoms with E-state index in [2.05, 4.69) is 25.6 Å². The van der Waals surface area contributed by atoms with Crippen LogP contribution in [0.5, 0.6) is 0 Å². The summed E-state index contributed by atoms with van der Waals surface area (Å²) in [5.41, 5.74) is 1.32. The Kier molecular flexibility index (Phi) is 3.10. The first-order valence-corrected chi connectivity index (χ1v) is 8.06. The van der Waals surface area contributed by atoms with Crippen molar-refractivity contribution in [3.05, 3.63) is 40.8 Å². The molecule has 0 aliphatic heterocycles. The smallest absolute Gasteiger partial charge is 0.296 e. The minimum absolute atomic E-state index is 0.127. The first-order chi connectivity index (χ1) is 9.08. The molecule has 7 heteroatoms. The van der Waals surface area contributed by atoms with Crippen LogP contribution < -0.4 is 4.72 Å². The summed E-state index contributed by atoms with van der Waals surface area (Å²) >= 11 is 3.15. The van der Waals surface area contributed by atoms with Gasteiger partial charge in [-0.15, -0.1) is 0 Å². The van der Waals surface area contributed by atoms with E-state index in [9.17, 15) is 8.42 Å². The van der Waals surface area contributed by atoms with E-state index in [0.29, 0.717) is 16.1 Å². The van der Waals surface area contributed by atoms with Crippen LogP contribution in [-0.2, 0) is 10.0 Å². The Bertz CT molecular complexity index is 707. The molecule has 2 aromatic heterocycles. The van der Waals surface area contributed by atoms with E-state index in [1.54, 1.807) is 24.4 Å². The Hall–Kier alpha value is -1.34. The fourth-order valence-corrected chi connectivity index (χ4v) is 3.75. The van der Waals surface area contributed by atoms with Gasteiger partial charge in [-0.05, 0) is 47.0 Å². The third kappa shape index (κ3) is 2.52. The molecule has 5 nitrogen and oxygen atoms in total. The molecule has 0 radical (unpaired) electrons. The summed E-state index contributed by atoms with van der Waals surface area (Å²) in [5.74, 6) is 0.360. The van der Waals surface area contributed by atoms with Crippen LogP contribution in [-0.4, -0.2) is 13.4 Å². The van der Waals surface area contributed by atoms with Gasteiger partial charge in [0.05, 0.1) is 22.1 Å². The van der Waals surface area contributed by atoms with E-state index < -0.39 is 10.0 Å². The Morgan fingerprint density at radius 3 is 2.79 bits per heavy atom. The molecule has 1 fully saturated rings. The molecule has 0 amide bonds. The number of pyridine rings is 1. The van der Waals surface area contributed by atoms with Crippen LogP contribution in [0.3, 0.4) is 0 Å². The topological polar surface area (TPSA) is 72.2 Å². The monoisotopic (exact) mass is 342 g/mol. The second-order valence-electron chi connectivity index (χ2n) is 4.37. The third-order valence-corrected chi connectivity index (χ3v) is 5.06. The molecule has 1 aliphatic carbocycles. The second-order valence-corrected chi connectivity index (χ2v) is 6.81. The number of anilines is 1. The predicted octanol–water partition coefficient (Wildman–Crippen LogP) is 3.12. The molecular weight excluding hydrogens is 332 g/mol. The summed E-state index contributed by atoms with van der Waals surface area (Å²) < 4.78 is 32.4. The van der Waals surface area contributed by atoms with E-state index in [-0.39, 0.29) is 5.09 Å². The number of furan rings is 1. The fraction of sp³-hybridized carbons (Fsp3) is 0.250. The summed E-state index contributed by atoms with van der Waals surface area (Å²) in [6.45, 7) is 0. The van der Waals surface area contributed by atoms with Gasteiger partial charge in [0.2, 0.25) is 0 Å². The summed E-state index contributed by atoms with van der Waals surface area (Å²) in [7, 11) is -3.73. The number of nitrogens with zero attached hydrogens (tertiary/aromatic N) is 1. The quantitative estimate of drug-likeness (QED) is 0.926. The van der Waals surface area contributed by atoms with Gasteiger partial charge in [0.25, 0.3) is 15.1 Å². The molecule has 2 aromatic rings. The SMILES string of the molecule is O=S(=O)(Nc1cccnc1C1CC1)c1occc1Br. The van der Waals surface area contributed by atoms with Crippen molar-refractivity contribution >= 4 is 31.6 Å². The Balaban J connectivity index is 1.95. The molecular formula is C12H11BrN2O3S. The van der Waals surface area contributed by atoms with Gasteiger partial charge in [0.1, 0.15) is 0 Å². The van der Waals surface area contributed by atoms with Gasteiger partial charge in [-0.1, -0.05) is 0 Å². The summed E-state index contributed by atoms with van der Waals surface area (Å²) in [6.07, 6.45) is 5.10. The molecule has 2 heterocycles. The number of nitrogens with one attached hydrogen (secondary N) is 1. The average Bonchev–Trinajstić information content (AvgIpc) is 3.11. The van der Waals surface area contributed by atoms with Crippen LogP contribution in [0.25, 0.3) is 0 Å². The van der Waals surface area contributed by atoms with Crippen molar-refractivity contribution in [1.29, 1.82) is 0 Å². The number of rotatable bonds is 4. The first kappa shape index (κ1) is 12.7. The van der Waals surface area contributed by atoms with Gasteiger partial charge in [-0.2, -0.15) is 8.42 Å². The van der Waals surface area contributed by atoms with Gasteiger partial charge < -0.3 is 4.42 Å². The lowest BCUT2D eigenvalue weighted by molar-refractivity contribution is 0.449. The number of hydrogen-bond acceptors (Lipinski definition) is 4. The molecule has 0 aromatic carbocycles. The maximum absolute atomic E-state index is 12.2. The minimum Gasteiger partial charge on any atom is -0.450 e. The lowest BCUT2D eigenvalue weighted by Crippen LogP contribution is -2.14. The summed E-state index contributed by atoms with van der Waals surface area (Å²) in [6, 6.07) is 4.97. The van der Waals surface area contributed by atoms with Gasteiger partial charge in [-0.25, -0.2) is 0 Å². The van der Waals surface area contributed by atoms with Crippen LogP contribution >= 0.6 is 15.9 Å².